The number of nitrogens with zero attached hydrogens (tertiary/aromatic N) is 2. The molecule has 0 aliphatic carbocycles. The first-order valence-electron chi connectivity index (χ1n) is 9.82. The van der Waals surface area contributed by atoms with Crippen LogP contribution in [0.1, 0.15) is 27.3 Å². The Balaban J connectivity index is 1.47. The van der Waals surface area contributed by atoms with Gasteiger partial charge in [-0.1, -0.05) is 42.1 Å². The lowest BCUT2D eigenvalue weighted by Crippen LogP contribution is -2.22. The van der Waals surface area contributed by atoms with Gasteiger partial charge < -0.3 is 5.32 Å². The Bertz CT molecular complexity index is 1230. The van der Waals surface area contributed by atoms with Crippen LogP contribution in [0.25, 0.3) is 20.7 Å². The molecule has 0 aliphatic heterocycles. The van der Waals surface area contributed by atoms with Crippen molar-refractivity contribution in [1.82, 2.24) is 15.3 Å². The van der Waals surface area contributed by atoms with E-state index in [2.05, 4.69) is 33.5 Å². The third-order valence-corrected chi connectivity index (χ3v) is 7.80. The van der Waals surface area contributed by atoms with Gasteiger partial charge in [0.1, 0.15) is 15.7 Å². The molecular formula is C23H21N3O2S3. The van der Waals surface area contributed by atoms with Crippen LogP contribution in [-0.4, -0.2) is 34.0 Å². The molecule has 3 heterocycles. The summed E-state index contributed by atoms with van der Waals surface area (Å²) in [6, 6.07) is 16.2. The Morgan fingerprint density at radius 1 is 1.06 bits per heavy atom. The van der Waals surface area contributed by atoms with Crippen LogP contribution in [0.3, 0.4) is 0 Å². The van der Waals surface area contributed by atoms with Crippen molar-refractivity contribution in [3.05, 3.63) is 64.1 Å². The highest BCUT2D eigenvalue weighted by molar-refractivity contribution is 8.00. The van der Waals surface area contributed by atoms with Crippen molar-refractivity contribution in [3.63, 3.8) is 0 Å². The van der Waals surface area contributed by atoms with Gasteiger partial charge in [0.2, 0.25) is 5.91 Å². The molecule has 3 aromatic heterocycles. The van der Waals surface area contributed by atoms with Crippen LogP contribution in [-0.2, 0) is 11.2 Å². The van der Waals surface area contributed by atoms with Gasteiger partial charge in [-0.05, 0) is 37.1 Å². The molecule has 1 amide bonds. The molecule has 0 unspecified atom stereocenters. The number of ketones is 1. The number of carbonyl (C=O) groups is 2. The number of rotatable bonds is 8. The van der Waals surface area contributed by atoms with E-state index in [1.165, 1.54) is 30.0 Å². The van der Waals surface area contributed by atoms with Crippen molar-refractivity contribution in [3.8, 4) is 10.4 Å². The predicted octanol–water partition coefficient (Wildman–Crippen LogP) is 5.38. The maximum Gasteiger partial charge on any atom is 0.216 e. The second-order valence-corrected chi connectivity index (χ2v) is 10.1. The van der Waals surface area contributed by atoms with E-state index in [4.69, 9.17) is 0 Å². The molecule has 31 heavy (non-hydrogen) atoms. The van der Waals surface area contributed by atoms with Gasteiger partial charge in [-0.2, -0.15) is 0 Å². The summed E-state index contributed by atoms with van der Waals surface area (Å²) in [6.07, 6.45) is 0.730. The number of hydrogen-bond acceptors (Lipinski definition) is 7. The third-order valence-electron chi connectivity index (χ3n) is 4.55. The third kappa shape index (κ3) is 5.39. The second kappa shape index (κ2) is 9.72. The zero-order chi connectivity index (χ0) is 21.8. The first kappa shape index (κ1) is 21.7. The Labute approximate surface area is 192 Å². The molecule has 8 heteroatoms. The maximum absolute atomic E-state index is 12.7. The molecule has 0 radical (unpaired) electrons. The Morgan fingerprint density at radius 3 is 2.65 bits per heavy atom. The number of aromatic nitrogens is 2. The smallest absolute Gasteiger partial charge is 0.216 e. The van der Waals surface area contributed by atoms with Gasteiger partial charge in [0.05, 0.1) is 10.6 Å². The van der Waals surface area contributed by atoms with Crippen molar-refractivity contribution < 1.29 is 9.59 Å². The van der Waals surface area contributed by atoms with Gasteiger partial charge in [-0.25, -0.2) is 9.97 Å². The fraction of sp³-hybridized carbons (Fsp3) is 0.217. The van der Waals surface area contributed by atoms with Crippen LogP contribution < -0.4 is 5.32 Å². The average Bonchev–Trinajstić information content (AvgIpc) is 3.39. The highest BCUT2D eigenvalue weighted by atomic mass is 32.2. The molecule has 0 atom stereocenters. The first-order valence-corrected chi connectivity index (χ1v) is 12.4. The quantitative estimate of drug-likeness (QED) is 0.214. The lowest BCUT2D eigenvalue weighted by molar-refractivity contribution is -0.118. The average molecular weight is 468 g/mol. The van der Waals surface area contributed by atoms with E-state index in [9.17, 15) is 9.59 Å². The molecule has 0 spiro atoms. The Hall–Kier alpha value is -2.55. The van der Waals surface area contributed by atoms with Gasteiger partial charge >= 0.3 is 0 Å². The number of thioether (sulfide) groups is 1. The highest BCUT2D eigenvalue weighted by Crippen LogP contribution is 2.36. The molecule has 0 saturated heterocycles. The predicted molar refractivity (Wildman–Crippen MR) is 129 cm³/mol. The molecule has 5 nitrogen and oxygen atoms in total. The van der Waals surface area contributed by atoms with Crippen LogP contribution in [0.5, 0.6) is 0 Å². The van der Waals surface area contributed by atoms with Crippen LogP contribution in [0.15, 0.2) is 53.6 Å². The number of aryl methyl sites for hydroxylation is 1. The van der Waals surface area contributed by atoms with Gasteiger partial charge in [-0.3, -0.25) is 9.59 Å². The number of hydrogen-bond donors (Lipinski definition) is 1. The minimum Gasteiger partial charge on any atom is -0.356 e. The van der Waals surface area contributed by atoms with Crippen LogP contribution in [0.4, 0.5) is 0 Å². The number of fused-ring (bicyclic) bond motifs is 1. The summed E-state index contributed by atoms with van der Waals surface area (Å²) in [4.78, 5) is 36.8. The maximum atomic E-state index is 12.7. The van der Waals surface area contributed by atoms with Gasteiger partial charge in [0.25, 0.3) is 0 Å². The van der Waals surface area contributed by atoms with Crippen molar-refractivity contribution in [2.45, 2.75) is 25.3 Å². The van der Waals surface area contributed by atoms with Crippen molar-refractivity contribution in [2.75, 3.05) is 12.3 Å². The van der Waals surface area contributed by atoms with E-state index < -0.39 is 0 Å². The van der Waals surface area contributed by atoms with Crippen molar-refractivity contribution in [2.24, 2.45) is 0 Å². The van der Waals surface area contributed by atoms with Gasteiger partial charge in [0.15, 0.2) is 5.78 Å². The van der Waals surface area contributed by atoms with Crippen LogP contribution in [0, 0.1) is 6.92 Å². The molecule has 4 aromatic rings. The summed E-state index contributed by atoms with van der Waals surface area (Å²) in [5.74, 6) is 1.08. The summed E-state index contributed by atoms with van der Waals surface area (Å²) in [5, 5.41) is 4.62. The lowest BCUT2D eigenvalue weighted by Gasteiger charge is -2.03. The normalized spacial score (nSPS) is 11.0. The van der Waals surface area contributed by atoms with E-state index in [-0.39, 0.29) is 11.7 Å². The van der Waals surface area contributed by atoms with E-state index in [1.54, 1.807) is 11.3 Å². The fourth-order valence-corrected chi connectivity index (χ4v) is 6.19. The van der Waals surface area contributed by atoms with E-state index in [0.717, 1.165) is 41.9 Å². The minimum atomic E-state index is -0.0421. The summed E-state index contributed by atoms with van der Waals surface area (Å²) < 4.78 is 0. The van der Waals surface area contributed by atoms with Crippen LogP contribution >= 0.6 is 34.4 Å². The molecule has 0 aliphatic rings. The van der Waals surface area contributed by atoms with E-state index in [1.807, 2.05) is 37.3 Å². The largest absolute Gasteiger partial charge is 0.356 e. The molecule has 1 N–H and O–H groups in total. The second-order valence-electron chi connectivity index (χ2n) is 6.98. The fourth-order valence-electron chi connectivity index (χ4n) is 3.08. The van der Waals surface area contributed by atoms with Crippen molar-refractivity contribution in [1.29, 1.82) is 0 Å². The summed E-state index contributed by atoms with van der Waals surface area (Å²) >= 11 is 4.60. The number of benzene rings is 1. The van der Waals surface area contributed by atoms with Gasteiger partial charge in [0, 0.05) is 28.6 Å². The lowest BCUT2D eigenvalue weighted by atomic mass is 10.2. The number of thiophene rings is 2. The summed E-state index contributed by atoms with van der Waals surface area (Å²) in [5.41, 5.74) is 1.15. The monoisotopic (exact) mass is 467 g/mol. The zero-order valence-corrected chi connectivity index (χ0v) is 19.6. The van der Waals surface area contributed by atoms with Crippen LogP contribution in [0.2, 0.25) is 0 Å². The van der Waals surface area contributed by atoms with E-state index in [0.29, 0.717) is 18.1 Å². The van der Waals surface area contributed by atoms with E-state index >= 15 is 0 Å². The zero-order valence-electron chi connectivity index (χ0n) is 17.2. The molecule has 0 saturated carbocycles. The molecule has 0 fully saturated rings. The number of amides is 1. The molecule has 158 valence electrons. The number of carbonyl (C=O) groups excluding carboxylic acids is 2. The Kier molecular flexibility index (Phi) is 6.80. The SMILES string of the molecule is CC(=O)NCCc1ccc(C(=O)CSc2nc(C)nc3sc(-c4ccccc4)cc23)s1. The standard InChI is InChI=1S/C23H21N3O2S3/c1-14-25-22(18-12-21(31-23(18)26-14)16-6-4-3-5-7-16)29-13-19(28)20-9-8-17(30-20)10-11-24-15(2)27/h3-9,12H,10-11,13H2,1-2H3,(H,24,27). The molecule has 0 bridgehead atoms. The minimum absolute atomic E-state index is 0.0421. The summed E-state index contributed by atoms with van der Waals surface area (Å²) in [7, 11) is 0. The molecule has 1 aromatic carbocycles. The highest BCUT2D eigenvalue weighted by Gasteiger charge is 2.15. The first-order chi connectivity index (χ1) is 15.0. The van der Waals surface area contributed by atoms with Crippen molar-refractivity contribution >= 4 is 56.3 Å². The topological polar surface area (TPSA) is 72.0 Å². The van der Waals surface area contributed by atoms with Gasteiger partial charge in [-0.15, -0.1) is 22.7 Å². The number of nitrogens with one attached hydrogen (secondary N) is 1. The number of Topliss-reactive ketones (excluding diaryl/α,β-unsaturated/α-hetero) is 1. The molecular weight excluding hydrogens is 446 g/mol. The molecule has 4 rings (SSSR count). The Morgan fingerprint density at radius 2 is 1.87 bits per heavy atom. The summed E-state index contributed by atoms with van der Waals surface area (Å²) in [6.45, 7) is 3.97.